The van der Waals surface area contributed by atoms with Gasteiger partial charge < -0.3 is 14.4 Å². The summed E-state index contributed by atoms with van der Waals surface area (Å²) in [5.74, 6) is 3.61. The number of anilines is 3. The highest BCUT2D eigenvalue weighted by atomic mass is 16.5. The molecule has 306 valence electrons. The molecular weight excluding hydrogens is 791 g/mol. The van der Waals surface area contributed by atoms with E-state index in [0.717, 1.165) is 64.0 Å². The number of para-hydroxylation sites is 4. The van der Waals surface area contributed by atoms with E-state index in [4.69, 9.17) is 9.47 Å². The van der Waals surface area contributed by atoms with Crippen molar-refractivity contribution in [3.8, 4) is 45.3 Å². The summed E-state index contributed by atoms with van der Waals surface area (Å²) in [4.78, 5) is 2.47. The molecule has 14 rings (SSSR count). The van der Waals surface area contributed by atoms with E-state index >= 15 is 0 Å². The van der Waals surface area contributed by atoms with Crippen LogP contribution in [0.5, 0.6) is 23.0 Å². The summed E-state index contributed by atoms with van der Waals surface area (Å²) in [6, 6.07) is 77.7. The summed E-state index contributed by atoms with van der Waals surface area (Å²) in [6.45, 7) is 0. The van der Waals surface area contributed by atoms with Crippen LogP contribution >= 0.6 is 0 Å². The minimum atomic E-state index is -0.594. The third-order valence-corrected chi connectivity index (χ3v) is 14.7. The fraction of sp³-hybridized carbons (Fsp3) is 0.0645. The second-order valence-electron chi connectivity index (χ2n) is 17.8. The van der Waals surface area contributed by atoms with Gasteiger partial charge in [-0.15, -0.1) is 0 Å². The zero-order chi connectivity index (χ0) is 42.7. The van der Waals surface area contributed by atoms with E-state index in [1.165, 1.54) is 66.8 Å². The van der Waals surface area contributed by atoms with Gasteiger partial charge >= 0.3 is 0 Å². The SMILES string of the molecule is C1=CC2=C(CC1)C1(c3ccccc3Oc3ccccc31)c1cc(N(c3ccc(-c4ccccc4)cc3)c3ccc4c(c3)C3(c5ccccc5Oc5ccccc53)c3ccccc3-4)ccc12. The van der Waals surface area contributed by atoms with Gasteiger partial charge in [-0.3, -0.25) is 0 Å². The van der Waals surface area contributed by atoms with Crippen molar-refractivity contribution in [1.29, 1.82) is 0 Å². The summed E-state index contributed by atoms with van der Waals surface area (Å²) < 4.78 is 13.5. The molecule has 0 aromatic heterocycles. The van der Waals surface area contributed by atoms with Crippen LogP contribution in [0.15, 0.2) is 230 Å². The lowest BCUT2D eigenvalue weighted by molar-refractivity contribution is 0.432. The highest BCUT2D eigenvalue weighted by molar-refractivity contribution is 5.95. The van der Waals surface area contributed by atoms with Crippen molar-refractivity contribution >= 4 is 22.6 Å². The summed E-state index contributed by atoms with van der Waals surface area (Å²) in [5.41, 5.74) is 19.6. The molecule has 0 amide bonds. The highest BCUT2D eigenvalue weighted by Gasteiger charge is 2.53. The van der Waals surface area contributed by atoms with Gasteiger partial charge in [0.05, 0.1) is 10.8 Å². The Kier molecular flexibility index (Phi) is 7.65. The maximum Gasteiger partial charge on any atom is 0.132 e. The van der Waals surface area contributed by atoms with E-state index in [2.05, 4.69) is 229 Å². The van der Waals surface area contributed by atoms with Gasteiger partial charge in [0, 0.05) is 39.3 Å². The average Bonchev–Trinajstić information content (AvgIpc) is 3.82. The lowest BCUT2D eigenvalue weighted by atomic mass is 9.64. The molecule has 0 saturated heterocycles. The van der Waals surface area contributed by atoms with Crippen LogP contribution in [0, 0.1) is 0 Å². The number of ether oxygens (including phenoxy) is 2. The number of fused-ring (bicyclic) bond motifs is 17. The Balaban J connectivity index is 1.03. The van der Waals surface area contributed by atoms with Gasteiger partial charge in [-0.25, -0.2) is 0 Å². The molecule has 65 heavy (non-hydrogen) atoms. The number of hydrogen-bond donors (Lipinski definition) is 0. The molecule has 0 N–H and O–H groups in total. The van der Waals surface area contributed by atoms with Gasteiger partial charge in [0.15, 0.2) is 0 Å². The molecule has 0 saturated carbocycles. The Labute approximate surface area is 378 Å². The Morgan fingerprint density at radius 1 is 0.354 bits per heavy atom. The predicted molar refractivity (Wildman–Crippen MR) is 262 cm³/mol. The van der Waals surface area contributed by atoms with E-state index < -0.39 is 10.8 Å². The van der Waals surface area contributed by atoms with Crippen molar-refractivity contribution < 1.29 is 9.47 Å². The smallest absolute Gasteiger partial charge is 0.132 e. The largest absolute Gasteiger partial charge is 0.457 e. The average molecular weight is 832 g/mol. The molecule has 2 heterocycles. The monoisotopic (exact) mass is 831 g/mol. The maximum absolute atomic E-state index is 6.74. The molecule has 2 aliphatic heterocycles. The van der Waals surface area contributed by atoms with Crippen molar-refractivity contribution in [2.75, 3.05) is 4.90 Å². The fourth-order valence-corrected chi connectivity index (χ4v) is 12.2. The maximum atomic E-state index is 6.74. The molecule has 0 fully saturated rings. The lowest BCUT2D eigenvalue weighted by Gasteiger charge is -2.41. The van der Waals surface area contributed by atoms with Crippen molar-refractivity contribution in [1.82, 2.24) is 0 Å². The Bertz CT molecular complexity index is 3410. The first-order chi connectivity index (χ1) is 32.2. The Morgan fingerprint density at radius 3 is 1.40 bits per heavy atom. The standard InChI is InChI=1S/C62H41NO2/c1-2-16-40(17-3-1)41-30-32-42(33-31-41)63(43-34-36-47-45-18-4-6-20-49(45)61(55(47)38-43)51-22-8-12-26-57(51)64-58-27-13-9-23-52(58)61)44-35-37-48-46-19-5-7-21-50(46)62(56(48)39-44)53-24-10-14-28-59(53)65-60-29-15-11-25-54(60)62/h1-6,8-20,22-39H,7,21H2. The van der Waals surface area contributed by atoms with E-state index in [9.17, 15) is 0 Å². The van der Waals surface area contributed by atoms with Crippen LogP contribution in [0.3, 0.4) is 0 Å². The van der Waals surface area contributed by atoms with E-state index in [1.807, 2.05) is 0 Å². The van der Waals surface area contributed by atoms with Crippen molar-refractivity contribution in [2.24, 2.45) is 0 Å². The first-order valence-electron chi connectivity index (χ1n) is 22.7. The van der Waals surface area contributed by atoms with Gasteiger partial charge in [0.25, 0.3) is 0 Å². The zero-order valence-electron chi connectivity index (χ0n) is 35.5. The van der Waals surface area contributed by atoms with Crippen molar-refractivity contribution in [2.45, 2.75) is 23.7 Å². The Hall–Kier alpha value is -8.14. The molecule has 5 aliphatic rings. The van der Waals surface area contributed by atoms with Crippen LogP contribution in [-0.4, -0.2) is 0 Å². The summed E-state index contributed by atoms with van der Waals surface area (Å²) in [7, 11) is 0. The molecule has 3 heteroatoms. The normalized spacial score (nSPS) is 15.6. The molecule has 9 aromatic rings. The highest BCUT2D eigenvalue weighted by Crippen LogP contribution is 2.65. The summed E-state index contributed by atoms with van der Waals surface area (Å²) in [5, 5.41) is 0. The number of nitrogens with zero attached hydrogens (tertiary/aromatic N) is 1. The van der Waals surface area contributed by atoms with Gasteiger partial charge in [0.2, 0.25) is 0 Å². The second-order valence-corrected chi connectivity index (χ2v) is 17.8. The molecule has 2 spiro atoms. The van der Waals surface area contributed by atoms with Crippen LogP contribution in [0.4, 0.5) is 17.1 Å². The van der Waals surface area contributed by atoms with E-state index in [1.54, 1.807) is 0 Å². The number of rotatable bonds is 4. The minimum absolute atomic E-state index is 0.515. The Morgan fingerprint density at radius 2 is 0.800 bits per heavy atom. The molecule has 3 nitrogen and oxygen atoms in total. The molecule has 9 aromatic carbocycles. The van der Waals surface area contributed by atoms with Crippen LogP contribution < -0.4 is 14.4 Å². The van der Waals surface area contributed by atoms with E-state index in [0.29, 0.717) is 0 Å². The molecule has 3 aliphatic carbocycles. The summed E-state index contributed by atoms with van der Waals surface area (Å²) >= 11 is 0. The third-order valence-electron chi connectivity index (χ3n) is 14.7. The summed E-state index contributed by atoms with van der Waals surface area (Å²) in [6.07, 6.45) is 6.69. The van der Waals surface area contributed by atoms with Crippen LogP contribution in [0.2, 0.25) is 0 Å². The van der Waals surface area contributed by atoms with E-state index in [-0.39, 0.29) is 0 Å². The molecular formula is C62H41NO2. The first-order valence-corrected chi connectivity index (χ1v) is 22.7. The minimum Gasteiger partial charge on any atom is -0.457 e. The third kappa shape index (κ3) is 4.90. The molecule has 0 atom stereocenters. The molecule has 0 bridgehead atoms. The topological polar surface area (TPSA) is 21.7 Å². The van der Waals surface area contributed by atoms with Crippen molar-refractivity contribution in [3.05, 3.63) is 275 Å². The predicted octanol–water partition coefficient (Wildman–Crippen LogP) is 15.8. The van der Waals surface area contributed by atoms with Gasteiger partial charge in [0.1, 0.15) is 23.0 Å². The quantitative estimate of drug-likeness (QED) is 0.176. The van der Waals surface area contributed by atoms with Crippen LogP contribution in [0.25, 0.3) is 27.8 Å². The van der Waals surface area contributed by atoms with Gasteiger partial charge in [-0.2, -0.15) is 0 Å². The van der Waals surface area contributed by atoms with Crippen LogP contribution in [0.1, 0.15) is 57.3 Å². The van der Waals surface area contributed by atoms with Crippen LogP contribution in [-0.2, 0) is 10.8 Å². The van der Waals surface area contributed by atoms with Gasteiger partial charge in [-0.1, -0.05) is 164 Å². The second kappa shape index (κ2) is 13.7. The van der Waals surface area contributed by atoms with Crippen molar-refractivity contribution in [3.63, 3.8) is 0 Å². The number of hydrogen-bond acceptors (Lipinski definition) is 3. The molecule has 0 radical (unpaired) electrons. The number of benzene rings is 9. The molecule has 0 unspecified atom stereocenters. The first kappa shape index (κ1) is 36.4. The fourth-order valence-electron chi connectivity index (χ4n) is 12.2. The van der Waals surface area contributed by atoms with Gasteiger partial charge in [-0.05, 0) is 129 Å². The zero-order valence-corrected chi connectivity index (χ0v) is 35.5. The number of allylic oxidation sites excluding steroid dienone is 4. The lowest BCUT2D eigenvalue weighted by Crippen LogP contribution is -2.33.